The zero-order chi connectivity index (χ0) is 13.0. The van der Waals surface area contributed by atoms with E-state index in [1.807, 2.05) is 0 Å². The van der Waals surface area contributed by atoms with Crippen LogP contribution in [0, 0.1) is 11.7 Å². The van der Waals surface area contributed by atoms with Crippen LogP contribution in [0.3, 0.4) is 0 Å². The van der Waals surface area contributed by atoms with Crippen LogP contribution in [0.5, 0.6) is 5.75 Å². The minimum absolute atomic E-state index is 0.207. The predicted molar refractivity (Wildman–Crippen MR) is 68.0 cm³/mol. The highest BCUT2D eigenvalue weighted by Crippen LogP contribution is 2.26. The number of rotatable bonds is 5. The minimum atomic E-state index is -0.300. The van der Waals surface area contributed by atoms with Gasteiger partial charge in [-0.05, 0) is 24.8 Å². The Labute approximate surface area is 107 Å². The highest BCUT2D eigenvalue weighted by atomic mass is 19.1. The van der Waals surface area contributed by atoms with Crippen LogP contribution in [0.2, 0.25) is 0 Å². The van der Waals surface area contributed by atoms with E-state index in [1.165, 1.54) is 7.11 Å². The molecule has 18 heavy (non-hydrogen) atoms. The quantitative estimate of drug-likeness (QED) is 0.844. The summed E-state index contributed by atoms with van der Waals surface area (Å²) in [5.41, 5.74) is 0.609. The molecule has 1 saturated carbocycles. The van der Waals surface area contributed by atoms with Crippen molar-refractivity contribution in [1.82, 2.24) is 5.32 Å². The molecule has 3 nitrogen and oxygen atoms in total. The molecule has 0 aliphatic heterocycles. The molecular weight excluding hydrogens is 233 g/mol. The summed E-state index contributed by atoms with van der Waals surface area (Å²) in [6, 6.07) is 5.45. The van der Waals surface area contributed by atoms with Gasteiger partial charge in [0.2, 0.25) is 0 Å². The SMILES string of the molecule is COc1cccc(CNC2CCCC2CO)c1F. The van der Waals surface area contributed by atoms with Crippen molar-refractivity contribution < 1.29 is 14.2 Å². The van der Waals surface area contributed by atoms with Crippen molar-refractivity contribution >= 4 is 0 Å². The van der Waals surface area contributed by atoms with Crippen molar-refractivity contribution in [2.24, 2.45) is 5.92 Å². The second-order valence-corrected chi connectivity index (χ2v) is 4.79. The zero-order valence-electron chi connectivity index (χ0n) is 10.7. The van der Waals surface area contributed by atoms with E-state index in [1.54, 1.807) is 18.2 Å². The number of halogens is 1. The molecule has 1 aromatic carbocycles. The Kier molecular flexibility index (Phi) is 4.55. The van der Waals surface area contributed by atoms with Crippen LogP contribution in [-0.4, -0.2) is 24.9 Å². The number of aliphatic hydroxyl groups excluding tert-OH is 1. The molecule has 0 heterocycles. The van der Waals surface area contributed by atoms with Gasteiger partial charge < -0.3 is 15.2 Å². The number of nitrogens with one attached hydrogen (secondary N) is 1. The van der Waals surface area contributed by atoms with E-state index < -0.39 is 0 Å². The first-order chi connectivity index (χ1) is 8.76. The van der Waals surface area contributed by atoms with Gasteiger partial charge in [-0.1, -0.05) is 18.6 Å². The van der Waals surface area contributed by atoms with E-state index in [0.29, 0.717) is 24.1 Å². The molecule has 0 spiro atoms. The number of benzene rings is 1. The normalized spacial score (nSPS) is 23.3. The monoisotopic (exact) mass is 253 g/mol. The molecule has 0 radical (unpaired) electrons. The van der Waals surface area contributed by atoms with Gasteiger partial charge >= 0.3 is 0 Å². The standard InChI is InChI=1S/C14H20FNO2/c1-18-13-7-3-4-10(14(13)15)8-16-12-6-2-5-11(12)9-17/h3-4,7,11-12,16-17H,2,5-6,8-9H2,1H3. The van der Waals surface area contributed by atoms with Crippen LogP contribution < -0.4 is 10.1 Å². The third kappa shape index (κ3) is 2.82. The van der Waals surface area contributed by atoms with E-state index in [-0.39, 0.29) is 18.2 Å². The van der Waals surface area contributed by atoms with Crippen molar-refractivity contribution in [3.05, 3.63) is 29.6 Å². The van der Waals surface area contributed by atoms with Gasteiger partial charge in [0.15, 0.2) is 11.6 Å². The van der Waals surface area contributed by atoms with Crippen LogP contribution in [0.25, 0.3) is 0 Å². The molecule has 2 atom stereocenters. The molecule has 2 N–H and O–H groups in total. The van der Waals surface area contributed by atoms with Gasteiger partial charge in [0.05, 0.1) is 7.11 Å². The highest BCUT2D eigenvalue weighted by Gasteiger charge is 2.26. The average molecular weight is 253 g/mol. The first-order valence-electron chi connectivity index (χ1n) is 6.42. The van der Waals surface area contributed by atoms with Gasteiger partial charge in [-0.15, -0.1) is 0 Å². The van der Waals surface area contributed by atoms with E-state index in [2.05, 4.69) is 5.32 Å². The molecule has 2 rings (SSSR count). The minimum Gasteiger partial charge on any atom is -0.494 e. The molecular formula is C14H20FNO2. The van der Waals surface area contributed by atoms with Gasteiger partial charge in [-0.25, -0.2) is 4.39 Å². The number of aliphatic hydroxyl groups is 1. The zero-order valence-corrected chi connectivity index (χ0v) is 10.7. The van der Waals surface area contributed by atoms with E-state index in [0.717, 1.165) is 19.3 Å². The summed E-state index contributed by atoms with van der Waals surface area (Å²) in [4.78, 5) is 0. The Hall–Kier alpha value is -1.13. The fraction of sp³-hybridized carbons (Fsp3) is 0.571. The number of methoxy groups -OCH3 is 1. The average Bonchev–Trinajstić information content (AvgIpc) is 2.85. The Morgan fingerprint density at radius 2 is 2.28 bits per heavy atom. The lowest BCUT2D eigenvalue weighted by atomic mass is 10.0. The molecule has 1 aliphatic carbocycles. The maximum atomic E-state index is 13.9. The largest absolute Gasteiger partial charge is 0.494 e. The Morgan fingerprint density at radius 1 is 1.44 bits per heavy atom. The number of ether oxygens (including phenoxy) is 1. The summed E-state index contributed by atoms with van der Waals surface area (Å²) in [7, 11) is 1.47. The fourth-order valence-corrected chi connectivity index (χ4v) is 2.62. The van der Waals surface area contributed by atoms with Crippen molar-refractivity contribution in [2.45, 2.75) is 31.8 Å². The highest BCUT2D eigenvalue weighted by molar-refractivity contribution is 5.30. The second kappa shape index (κ2) is 6.16. The molecule has 1 aromatic rings. The van der Waals surface area contributed by atoms with Crippen molar-refractivity contribution in [2.75, 3.05) is 13.7 Å². The molecule has 0 aromatic heterocycles. The molecule has 100 valence electrons. The first-order valence-corrected chi connectivity index (χ1v) is 6.42. The smallest absolute Gasteiger partial charge is 0.169 e. The summed E-state index contributed by atoms with van der Waals surface area (Å²) < 4.78 is 18.9. The number of hydrogen-bond donors (Lipinski definition) is 2. The lowest BCUT2D eigenvalue weighted by Crippen LogP contribution is -2.33. The topological polar surface area (TPSA) is 41.5 Å². The summed E-state index contributed by atoms with van der Waals surface area (Å²) >= 11 is 0. The van der Waals surface area contributed by atoms with E-state index >= 15 is 0 Å². The van der Waals surface area contributed by atoms with Crippen LogP contribution in [0.15, 0.2) is 18.2 Å². The lowest BCUT2D eigenvalue weighted by Gasteiger charge is -2.19. The lowest BCUT2D eigenvalue weighted by molar-refractivity contribution is 0.205. The Balaban J connectivity index is 1.98. The predicted octanol–water partition coefficient (Wildman–Crippen LogP) is 2.08. The molecule has 4 heteroatoms. The maximum Gasteiger partial charge on any atom is 0.169 e. The molecule has 1 fully saturated rings. The van der Waals surface area contributed by atoms with Crippen LogP contribution in [0.4, 0.5) is 4.39 Å². The van der Waals surface area contributed by atoms with Crippen LogP contribution in [-0.2, 0) is 6.54 Å². The van der Waals surface area contributed by atoms with Crippen molar-refractivity contribution in [3.8, 4) is 5.75 Å². The summed E-state index contributed by atoms with van der Waals surface area (Å²) in [5, 5.41) is 12.6. The Morgan fingerprint density at radius 3 is 3.00 bits per heavy atom. The van der Waals surface area contributed by atoms with Gasteiger partial charge in [-0.2, -0.15) is 0 Å². The van der Waals surface area contributed by atoms with Gasteiger partial charge in [0.1, 0.15) is 0 Å². The summed E-state index contributed by atoms with van der Waals surface area (Å²) in [5.74, 6) is 0.282. The van der Waals surface area contributed by atoms with Crippen molar-refractivity contribution in [1.29, 1.82) is 0 Å². The molecule has 0 amide bonds. The van der Waals surface area contributed by atoms with E-state index in [9.17, 15) is 9.50 Å². The third-order valence-corrected chi connectivity index (χ3v) is 3.71. The molecule has 0 saturated heterocycles. The molecule has 2 unspecified atom stereocenters. The maximum absolute atomic E-state index is 13.9. The third-order valence-electron chi connectivity index (χ3n) is 3.71. The number of hydrogen-bond acceptors (Lipinski definition) is 3. The van der Waals surface area contributed by atoms with Crippen LogP contribution in [0.1, 0.15) is 24.8 Å². The second-order valence-electron chi connectivity index (χ2n) is 4.79. The van der Waals surface area contributed by atoms with Gasteiger partial charge in [-0.3, -0.25) is 0 Å². The van der Waals surface area contributed by atoms with E-state index in [4.69, 9.17) is 4.74 Å². The fourth-order valence-electron chi connectivity index (χ4n) is 2.62. The Bertz CT molecular complexity index is 397. The summed E-state index contributed by atoms with van der Waals surface area (Å²) in [6.45, 7) is 0.683. The van der Waals surface area contributed by atoms with Crippen molar-refractivity contribution in [3.63, 3.8) is 0 Å². The van der Waals surface area contributed by atoms with Gasteiger partial charge in [0.25, 0.3) is 0 Å². The summed E-state index contributed by atoms with van der Waals surface area (Å²) in [6.07, 6.45) is 3.23. The molecule has 0 bridgehead atoms. The molecule has 1 aliphatic rings. The van der Waals surface area contributed by atoms with Gasteiger partial charge in [0, 0.05) is 24.8 Å². The first kappa shape index (κ1) is 13.3. The van der Waals surface area contributed by atoms with Crippen LogP contribution >= 0.6 is 0 Å².